The molecule has 0 aliphatic carbocycles. The maximum Gasteiger partial charge on any atom is 0.419 e. The normalized spacial score (nSPS) is 17.6. The van der Waals surface area contributed by atoms with Crippen LogP contribution in [0.5, 0.6) is 0 Å². The van der Waals surface area contributed by atoms with E-state index in [1.54, 1.807) is 35.4 Å². The maximum atomic E-state index is 12.8. The molecule has 1 spiro atoms. The summed E-state index contributed by atoms with van der Waals surface area (Å²) in [6.45, 7) is 1.31. The third-order valence-corrected chi connectivity index (χ3v) is 6.40. The van der Waals surface area contributed by atoms with Crippen LogP contribution in [0.15, 0.2) is 51.8 Å². The fourth-order valence-corrected chi connectivity index (χ4v) is 4.58. The molecule has 0 radical (unpaired) electrons. The lowest BCUT2D eigenvalue weighted by Crippen LogP contribution is -2.67. The largest absolute Gasteiger partial charge is 0.419 e. The second-order valence-corrected chi connectivity index (χ2v) is 8.04. The standard InChI is InChI=1S/C22H23N5O4/c1-25-19-15(5-4-11-23-19)20(29)24-22(25)9-13-26(14-10-22)18(28)8-12-27-16-6-2-3-7-17(16)31-21(27)30/h2-7,11H,8-10,12-14H2,1H3,(H,24,29). The Kier molecular flexibility index (Phi) is 4.53. The molecule has 0 unspecified atom stereocenters. The number of likely N-dealkylation sites (tertiary alicyclic amines) is 1. The second-order valence-electron chi connectivity index (χ2n) is 8.04. The van der Waals surface area contributed by atoms with Crippen LogP contribution in [0, 0.1) is 0 Å². The molecule has 1 aromatic carbocycles. The van der Waals surface area contributed by atoms with Crippen LogP contribution in [0.3, 0.4) is 0 Å². The minimum absolute atomic E-state index is 0.0182. The lowest BCUT2D eigenvalue weighted by molar-refractivity contribution is -0.133. The number of piperidine rings is 1. The Morgan fingerprint density at radius 3 is 2.74 bits per heavy atom. The second kappa shape index (κ2) is 7.26. The summed E-state index contributed by atoms with van der Waals surface area (Å²) in [5.74, 6) is 0.0593. The number of nitrogens with one attached hydrogen (secondary N) is 1. The quantitative estimate of drug-likeness (QED) is 0.689. The Balaban J connectivity index is 1.25. The van der Waals surface area contributed by atoms with Crippen LogP contribution in [0.25, 0.3) is 11.1 Å². The Morgan fingerprint density at radius 2 is 1.94 bits per heavy atom. The first-order valence-electron chi connectivity index (χ1n) is 10.4. The zero-order valence-electron chi connectivity index (χ0n) is 17.2. The third-order valence-electron chi connectivity index (χ3n) is 6.40. The first kappa shape index (κ1) is 19.3. The monoisotopic (exact) mass is 421 g/mol. The minimum atomic E-state index is -0.549. The highest BCUT2D eigenvalue weighted by Gasteiger charge is 2.45. The maximum absolute atomic E-state index is 12.8. The van der Waals surface area contributed by atoms with E-state index in [2.05, 4.69) is 10.3 Å². The zero-order chi connectivity index (χ0) is 21.6. The van der Waals surface area contributed by atoms with Gasteiger partial charge in [0.2, 0.25) is 5.91 Å². The van der Waals surface area contributed by atoms with Crippen molar-refractivity contribution in [3.63, 3.8) is 0 Å². The van der Waals surface area contributed by atoms with Crippen molar-refractivity contribution in [2.45, 2.75) is 31.5 Å². The minimum Gasteiger partial charge on any atom is -0.408 e. The molecule has 1 saturated heterocycles. The van der Waals surface area contributed by atoms with E-state index < -0.39 is 11.4 Å². The Bertz CT molecular complexity index is 1220. The smallest absolute Gasteiger partial charge is 0.408 e. The van der Waals surface area contributed by atoms with Crippen LogP contribution in [0.2, 0.25) is 0 Å². The summed E-state index contributed by atoms with van der Waals surface area (Å²) >= 11 is 0. The lowest BCUT2D eigenvalue weighted by Gasteiger charge is -2.50. The molecule has 1 N–H and O–H groups in total. The SMILES string of the molecule is CN1c2ncccc2C(=O)NC12CCN(C(=O)CCn1c(=O)oc3ccccc31)CC2. The van der Waals surface area contributed by atoms with Gasteiger partial charge in [0.15, 0.2) is 5.58 Å². The molecular formula is C22H23N5O4. The fraction of sp³-hybridized carbons (Fsp3) is 0.364. The van der Waals surface area contributed by atoms with Crippen LogP contribution < -0.4 is 16.0 Å². The number of hydrogen-bond donors (Lipinski definition) is 1. The summed E-state index contributed by atoms with van der Waals surface area (Å²) < 4.78 is 6.73. The molecule has 3 aromatic rings. The van der Waals surface area contributed by atoms with E-state index in [9.17, 15) is 14.4 Å². The van der Waals surface area contributed by atoms with Crippen molar-refractivity contribution < 1.29 is 14.0 Å². The third kappa shape index (κ3) is 3.17. The van der Waals surface area contributed by atoms with Gasteiger partial charge in [-0.1, -0.05) is 12.1 Å². The molecule has 160 valence electrons. The molecule has 2 aliphatic heterocycles. The number of para-hydroxylation sites is 2. The molecule has 0 atom stereocenters. The number of fused-ring (bicyclic) bond motifs is 2. The van der Waals surface area contributed by atoms with Crippen LogP contribution in [0.1, 0.15) is 29.6 Å². The van der Waals surface area contributed by atoms with Gasteiger partial charge in [0.25, 0.3) is 5.91 Å². The molecule has 2 aromatic heterocycles. The van der Waals surface area contributed by atoms with Crippen molar-refractivity contribution >= 4 is 28.7 Å². The van der Waals surface area contributed by atoms with Gasteiger partial charge in [-0.05, 0) is 24.3 Å². The molecule has 2 amide bonds. The number of amides is 2. The van der Waals surface area contributed by atoms with E-state index in [1.165, 1.54) is 4.57 Å². The molecule has 31 heavy (non-hydrogen) atoms. The zero-order valence-corrected chi connectivity index (χ0v) is 17.2. The van der Waals surface area contributed by atoms with Gasteiger partial charge in [0.1, 0.15) is 11.5 Å². The van der Waals surface area contributed by atoms with E-state index in [-0.39, 0.29) is 24.8 Å². The van der Waals surface area contributed by atoms with Gasteiger partial charge in [-0.2, -0.15) is 0 Å². The molecule has 4 heterocycles. The number of aryl methyl sites for hydroxylation is 1. The van der Waals surface area contributed by atoms with E-state index in [0.29, 0.717) is 48.4 Å². The highest BCUT2D eigenvalue weighted by Crippen LogP contribution is 2.34. The van der Waals surface area contributed by atoms with Crippen LogP contribution in [-0.2, 0) is 11.3 Å². The van der Waals surface area contributed by atoms with E-state index in [0.717, 1.165) is 0 Å². The van der Waals surface area contributed by atoms with E-state index >= 15 is 0 Å². The summed E-state index contributed by atoms with van der Waals surface area (Å²) in [6, 6.07) is 10.7. The number of hydrogen-bond acceptors (Lipinski definition) is 6. The van der Waals surface area contributed by atoms with Crippen LogP contribution >= 0.6 is 0 Å². The average Bonchev–Trinajstić information content (AvgIpc) is 3.11. The number of carbonyl (C=O) groups excluding carboxylic acids is 2. The van der Waals surface area contributed by atoms with Crippen molar-refractivity contribution in [1.82, 2.24) is 19.8 Å². The number of rotatable bonds is 3. The van der Waals surface area contributed by atoms with E-state index in [1.807, 2.05) is 24.1 Å². The van der Waals surface area contributed by atoms with E-state index in [4.69, 9.17) is 4.42 Å². The summed E-state index contributed by atoms with van der Waals surface area (Å²) in [6.07, 6.45) is 3.10. The van der Waals surface area contributed by atoms with Gasteiger partial charge in [-0.15, -0.1) is 0 Å². The van der Waals surface area contributed by atoms with Gasteiger partial charge < -0.3 is 19.5 Å². The van der Waals surface area contributed by atoms with Gasteiger partial charge in [-0.25, -0.2) is 9.78 Å². The highest BCUT2D eigenvalue weighted by molar-refractivity contribution is 6.01. The van der Waals surface area contributed by atoms with Gasteiger partial charge in [-0.3, -0.25) is 14.2 Å². The van der Waals surface area contributed by atoms with Crippen molar-refractivity contribution in [3.05, 3.63) is 58.7 Å². The first-order valence-corrected chi connectivity index (χ1v) is 10.4. The first-order chi connectivity index (χ1) is 15.0. The summed E-state index contributed by atoms with van der Waals surface area (Å²) in [5.41, 5.74) is 1.22. The Labute approximate surface area is 178 Å². The summed E-state index contributed by atoms with van der Waals surface area (Å²) in [4.78, 5) is 45.7. The fourth-order valence-electron chi connectivity index (χ4n) is 4.58. The van der Waals surface area contributed by atoms with Crippen LogP contribution in [-0.4, -0.2) is 52.1 Å². The molecule has 1 fully saturated rings. The van der Waals surface area contributed by atoms with Crippen molar-refractivity contribution in [2.75, 3.05) is 25.0 Å². The Morgan fingerprint density at radius 1 is 1.16 bits per heavy atom. The average molecular weight is 421 g/mol. The van der Waals surface area contributed by atoms with Gasteiger partial charge in [0.05, 0.1) is 11.1 Å². The number of carbonyl (C=O) groups is 2. The highest BCUT2D eigenvalue weighted by atomic mass is 16.4. The number of anilines is 1. The molecule has 9 heteroatoms. The number of pyridine rings is 1. The molecule has 9 nitrogen and oxygen atoms in total. The lowest BCUT2D eigenvalue weighted by atomic mass is 9.91. The van der Waals surface area contributed by atoms with Gasteiger partial charge >= 0.3 is 5.76 Å². The van der Waals surface area contributed by atoms with Crippen molar-refractivity contribution in [2.24, 2.45) is 0 Å². The number of oxazole rings is 1. The predicted octanol–water partition coefficient (Wildman–Crippen LogP) is 1.58. The summed E-state index contributed by atoms with van der Waals surface area (Å²) in [7, 11) is 1.93. The summed E-state index contributed by atoms with van der Waals surface area (Å²) in [5, 5.41) is 3.13. The number of benzene rings is 1. The number of nitrogens with zero attached hydrogens (tertiary/aromatic N) is 4. The van der Waals surface area contributed by atoms with Gasteiger partial charge in [0, 0.05) is 52.1 Å². The Hall–Kier alpha value is -3.62. The molecule has 0 bridgehead atoms. The van der Waals surface area contributed by atoms with Crippen molar-refractivity contribution in [3.8, 4) is 0 Å². The molecule has 0 saturated carbocycles. The predicted molar refractivity (Wildman–Crippen MR) is 114 cm³/mol. The molecule has 5 rings (SSSR count). The van der Waals surface area contributed by atoms with Crippen LogP contribution in [0.4, 0.5) is 5.82 Å². The molecular weight excluding hydrogens is 398 g/mol. The molecule has 2 aliphatic rings. The number of aromatic nitrogens is 2. The van der Waals surface area contributed by atoms with Crippen molar-refractivity contribution in [1.29, 1.82) is 0 Å². The topological polar surface area (TPSA) is 101 Å².